The molecule has 0 aliphatic heterocycles. The first-order valence-electron chi connectivity index (χ1n) is 5.83. The van der Waals surface area contributed by atoms with Crippen molar-refractivity contribution in [2.75, 3.05) is 4.72 Å². The third kappa shape index (κ3) is 3.45. The van der Waals surface area contributed by atoms with Crippen LogP contribution < -0.4 is 4.72 Å². The van der Waals surface area contributed by atoms with Crippen LogP contribution >= 0.6 is 27.3 Å². The maximum atomic E-state index is 12.4. The second-order valence-electron chi connectivity index (χ2n) is 4.41. The van der Waals surface area contributed by atoms with Gasteiger partial charge in [-0.3, -0.25) is 4.72 Å². The number of carboxylic acid groups (broad SMARTS) is 1. The lowest BCUT2D eigenvalue weighted by Gasteiger charge is -2.11. The van der Waals surface area contributed by atoms with Crippen LogP contribution in [0.25, 0.3) is 0 Å². The molecule has 0 radical (unpaired) electrons. The molecule has 5 nitrogen and oxygen atoms in total. The van der Waals surface area contributed by atoms with Gasteiger partial charge in [0.15, 0.2) is 0 Å². The predicted molar refractivity (Wildman–Crippen MR) is 85.7 cm³/mol. The fourth-order valence-corrected chi connectivity index (χ4v) is 5.30. The first-order valence-corrected chi connectivity index (χ1v) is 8.92. The number of carboxylic acids is 1. The molecular formula is C13H12BrNO4S2. The Morgan fingerprint density at radius 1 is 1.29 bits per heavy atom. The van der Waals surface area contributed by atoms with Crippen molar-refractivity contribution in [2.24, 2.45) is 0 Å². The lowest BCUT2D eigenvalue weighted by atomic mass is 10.1. The topological polar surface area (TPSA) is 83.5 Å². The summed E-state index contributed by atoms with van der Waals surface area (Å²) >= 11 is 4.58. The third-order valence-electron chi connectivity index (χ3n) is 2.86. The van der Waals surface area contributed by atoms with Gasteiger partial charge in [0.2, 0.25) is 0 Å². The fraction of sp³-hybridized carbons (Fsp3) is 0.154. The fourth-order valence-electron chi connectivity index (χ4n) is 1.76. The van der Waals surface area contributed by atoms with Gasteiger partial charge in [-0.1, -0.05) is 6.07 Å². The van der Waals surface area contributed by atoms with Gasteiger partial charge >= 0.3 is 5.97 Å². The van der Waals surface area contributed by atoms with E-state index in [4.69, 9.17) is 5.11 Å². The SMILES string of the molecule is Cc1ccc(C(=O)O)cc1NS(=O)(=O)c1cc(Br)sc1C. The summed E-state index contributed by atoms with van der Waals surface area (Å²) in [6, 6.07) is 5.84. The molecule has 0 saturated heterocycles. The summed E-state index contributed by atoms with van der Waals surface area (Å²) in [4.78, 5) is 11.8. The molecule has 0 spiro atoms. The number of hydrogen-bond acceptors (Lipinski definition) is 4. The molecule has 8 heteroatoms. The zero-order valence-corrected chi connectivity index (χ0v) is 14.4. The van der Waals surface area contributed by atoms with Crippen molar-refractivity contribution >= 4 is 48.9 Å². The van der Waals surface area contributed by atoms with E-state index in [1.165, 1.54) is 29.5 Å². The summed E-state index contributed by atoms with van der Waals surface area (Å²) in [5, 5.41) is 8.98. The van der Waals surface area contributed by atoms with Crippen molar-refractivity contribution in [1.82, 2.24) is 0 Å². The summed E-state index contributed by atoms with van der Waals surface area (Å²) in [7, 11) is -3.75. The Morgan fingerprint density at radius 2 is 1.95 bits per heavy atom. The van der Waals surface area contributed by atoms with E-state index in [0.717, 1.165) is 3.79 Å². The van der Waals surface area contributed by atoms with Crippen molar-refractivity contribution in [3.63, 3.8) is 0 Å². The van der Waals surface area contributed by atoms with Crippen LogP contribution in [0.5, 0.6) is 0 Å². The minimum Gasteiger partial charge on any atom is -0.478 e. The maximum Gasteiger partial charge on any atom is 0.335 e. The van der Waals surface area contributed by atoms with Gasteiger partial charge in [-0.25, -0.2) is 13.2 Å². The smallest absolute Gasteiger partial charge is 0.335 e. The molecule has 0 aliphatic carbocycles. The normalized spacial score (nSPS) is 11.4. The Hall–Kier alpha value is -1.38. The number of nitrogens with one attached hydrogen (secondary N) is 1. The van der Waals surface area contributed by atoms with Crippen molar-refractivity contribution < 1.29 is 18.3 Å². The Balaban J connectivity index is 2.43. The molecule has 0 unspecified atom stereocenters. The Labute approximate surface area is 134 Å². The van der Waals surface area contributed by atoms with Crippen molar-refractivity contribution in [3.05, 3.63) is 44.1 Å². The molecule has 21 heavy (non-hydrogen) atoms. The summed E-state index contributed by atoms with van der Waals surface area (Å²) in [5.74, 6) is -1.11. The molecule has 2 rings (SSSR count). The number of benzene rings is 1. The Bertz CT molecular complexity index is 812. The van der Waals surface area contributed by atoms with Gasteiger partial charge in [-0.15, -0.1) is 11.3 Å². The van der Waals surface area contributed by atoms with E-state index in [1.807, 2.05) is 0 Å². The van der Waals surface area contributed by atoms with E-state index in [2.05, 4.69) is 20.7 Å². The van der Waals surface area contributed by atoms with Gasteiger partial charge in [0, 0.05) is 4.88 Å². The standard InChI is InChI=1S/C13H12BrNO4S2/c1-7-3-4-9(13(16)17)5-10(7)15-21(18,19)11-6-12(14)20-8(11)2/h3-6,15H,1-2H3,(H,16,17). The highest BCUT2D eigenvalue weighted by Crippen LogP contribution is 2.31. The number of carbonyl (C=O) groups is 1. The maximum absolute atomic E-state index is 12.4. The molecule has 2 N–H and O–H groups in total. The first kappa shape index (κ1) is 16.0. The van der Waals surface area contributed by atoms with E-state index < -0.39 is 16.0 Å². The number of aryl methyl sites for hydroxylation is 2. The van der Waals surface area contributed by atoms with Crippen LogP contribution in [-0.2, 0) is 10.0 Å². The number of aromatic carboxylic acids is 1. The first-order chi connectivity index (χ1) is 9.70. The van der Waals surface area contributed by atoms with Crippen LogP contribution in [-0.4, -0.2) is 19.5 Å². The number of hydrogen-bond donors (Lipinski definition) is 2. The van der Waals surface area contributed by atoms with Crippen molar-refractivity contribution in [2.45, 2.75) is 18.7 Å². The second kappa shape index (κ2) is 5.78. The van der Waals surface area contributed by atoms with E-state index in [0.29, 0.717) is 10.4 Å². The number of anilines is 1. The van der Waals surface area contributed by atoms with Crippen molar-refractivity contribution in [1.29, 1.82) is 0 Å². The molecule has 2 aromatic rings. The van der Waals surface area contributed by atoms with Gasteiger partial charge < -0.3 is 5.11 Å². The molecule has 0 fully saturated rings. The monoisotopic (exact) mass is 389 g/mol. The summed E-state index contributed by atoms with van der Waals surface area (Å²) in [5.41, 5.74) is 0.939. The molecular weight excluding hydrogens is 378 g/mol. The van der Waals surface area contributed by atoms with Crippen LogP contribution in [0.3, 0.4) is 0 Å². The van der Waals surface area contributed by atoms with Crippen LogP contribution in [0, 0.1) is 13.8 Å². The number of rotatable bonds is 4. The minimum absolute atomic E-state index is 0.0292. The number of halogens is 1. The molecule has 0 bridgehead atoms. The van der Waals surface area contributed by atoms with E-state index in [9.17, 15) is 13.2 Å². The summed E-state index contributed by atoms with van der Waals surface area (Å²) in [6.07, 6.45) is 0. The third-order valence-corrected chi connectivity index (χ3v) is 6.03. The molecule has 0 saturated carbocycles. The summed E-state index contributed by atoms with van der Waals surface area (Å²) < 4.78 is 28.0. The largest absolute Gasteiger partial charge is 0.478 e. The molecule has 1 heterocycles. The van der Waals surface area contributed by atoms with Crippen LogP contribution in [0.15, 0.2) is 32.9 Å². The molecule has 0 aliphatic rings. The average Bonchev–Trinajstić information content (AvgIpc) is 2.71. The van der Waals surface area contributed by atoms with Gasteiger partial charge in [0.05, 0.1) is 15.0 Å². The molecule has 0 atom stereocenters. The highest BCUT2D eigenvalue weighted by molar-refractivity contribution is 9.11. The molecule has 112 valence electrons. The van der Waals surface area contributed by atoms with Gasteiger partial charge in [0.1, 0.15) is 4.90 Å². The van der Waals surface area contributed by atoms with Gasteiger partial charge in [-0.05, 0) is 53.5 Å². The van der Waals surface area contributed by atoms with E-state index in [-0.39, 0.29) is 16.1 Å². The predicted octanol–water partition coefficient (Wildman–Crippen LogP) is 3.63. The van der Waals surface area contributed by atoms with Crippen LogP contribution in [0.1, 0.15) is 20.8 Å². The zero-order chi connectivity index (χ0) is 15.8. The van der Waals surface area contributed by atoms with Crippen LogP contribution in [0.4, 0.5) is 5.69 Å². The average molecular weight is 390 g/mol. The second-order valence-corrected chi connectivity index (χ2v) is 8.70. The van der Waals surface area contributed by atoms with Crippen molar-refractivity contribution in [3.8, 4) is 0 Å². The summed E-state index contributed by atoms with van der Waals surface area (Å²) in [6.45, 7) is 3.42. The van der Waals surface area contributed by atoms with Gasteiger partial charge in [-0.2, -0.15) is 0 Å². The minimum atomic E-state index is -3.75. The van der Waals surface area contributed by atoms with E-state index >= 15 is 0 Å². The Kier molecular flexibility index (Phi) is 4.40. The zero-order valence-electron chi connectivity index (χ0n) is 11.2. The molecule has 0 amide bonds. The molecule has 1 aromatic carbocycles. The highest BCUT2D eigenvalue weighted by atomic mass is 79.9. The van der Waals surface area contributed by atoms with Gasteiger partial charge in [0.25, 0.3) is 10.0 Å². The highest BCUT2D eigenvalue weighted by Gasteiger charge is 2.20. The molecule has 1 aromatic heterocycles. The lowest BCUT2D eigenvalue weighted by Crippen LogP contribution is -2.14. The number of thiophene rings is 1. The lowest BCUT2D eigenvalue weighted by molar-refractivity contribution is 0.0697. The van der Waals surface area contributed by atoms with Crippen LogP contribution in [0.2, 0.25) is 0 Å². The Morgan fingerprint density at radius 3 is 2.48 bits per heavy atom. The van der Waals surface area contributed by atoms with E-state index in [1.54, 1.807) is 19.9 Å². The number of sulfonamides is 1. The quantitative estimate of drug-likeness (QED) is 0.835.